The molecule has 0 aliphatic carbocycles. The number of quaternary nitrogens is 1. The quantitative estimate of drug-likeness (QED) is 0.393. The van der Waals surface area contributed by atoms with E-state index in [2.05, 4.69) is 10.7 Å². The standard InChI is InChI=1S/C7H17N3O2/c1-6(11)5-10(3,4)9-7(12)8-2/h6,11H,5H2,1-4H3,(H-,8,9,12)/p+1. The van der Waals surface area contributed by atoms with Crippen LogP contribution in [0.2, 0.25) is 0 Å². The first-order chi connectivity index (χ1) is 5.37. The first-order valence-corrected chi connectivity index (χ1v) is 3.88. The van der Waals surface area contributed by atoms with Crippen LogP contribution in [0.15, 0.2) is 0 Å². The molecular formula is C7H18N3O2+. The van der Waals surface area contributed by atoms with E-state index >= 15 is 0 Å². The molecule has 2 amide bonds. The summed E-state index contributed by atoms with van der Waals surface area (Å²) in [5.74, 6) is 0. The first kappa shape index (κ1) is 11.2. The number of rotatable bonds is 3. The summed E-state index contributed by atoms with van der Waals surface area (Å²) in [6.45, 7) is 2.17. The van der Waals surface area contributed by atoms with Gasteiger partial charge in [0.25, 0.3) is 0 Å². The molecule has 0 aromatic heterocycles. The highest BCUT2D eigenvalue weighted by molar-refractivity contribution is 5.72. The zero-order valence-electron chi connectivity index (χ0n) is 8.09. The van der Waals surface area contributed by atoms with Gasteiger partial charge in [-0.1, -0.05) is 0 Å². The molecule has 0 spiro atoms. The van der Waals surface area contributed by atoms with E-state index in [1.807, 2.05) is 14.1 Å². The van der Waals surface area contributed by atoms with Crippen molar-refractivity contribution in [1.82, 2.24) is 10.7 Å². The van der Waals surface area contributed by atoms with Crippen LogP contribution in [0, 0.1) is 0 Å². The van der Waals surface area contributed by atoms with Gasteiger partial charge in [0.05, 0.1) is 14.1 Å². The van der Waals surface area contributed by atoms with Crippen LogP contribution in [-0.2, 0) is 0 Å². The van der Waals surface area contributed by atoms with Crippen molar-refractivity contribution in [1.29, 1.82) is 0 Å². The lowest BCUT2D eigenvalue weighted by Crippen LogP contribution is -2.59. The van der Waals surface area contributed by atoms with Gasteiger partial charge >= 0.3 is 6.03 Å². The predicted molar refractivity (Wildman–Crippen MR) is 46.2 cm³/mol. The number of amides is 2. The molecule has 5 nitrogen and oxygen atoms in total. The Morgan fingerprint density at radius 1 is 1.58 bits per heavy atom. The van der Waals surface area contributed by atoms with E-state index in [0.29, 0.717) is 6.54 Å². The zero-order valence-corrected chi connectivity index (χ0v) is 8.09. The Morgan fingerprint density at radius 2 is 2.08 bits per heavy atom. The normalized spacial score (nSPS) is 13.8. The fourth-order valence-electron chi connectivity index (χ4n) is 1.04. The lowest BCUT2D eigenvalue weighted by atomic mass is 10.4. The van der Waals surface area contributed by atoms with Gasteiger partial charge in [-0.15, -0.1) is 0 Å². The Balaban J connectivity index is 3.94. The Bertz CT molecular complexity index is 157. The number of hydrogen-bond acceptors (Lipinski definition) is 2. The van der Waals surface area contributed by atoms with Crippen LogP contribution < -0.4 is 10.7 Å². The summed E-state index contributed by atoms with van der Waals surface area (Å²) in [7, 11) is 5.17. The molecule has 0 bridgehead atoms. The van der Waals surface area contributed by atoms with Crippen LogP contribution in [0.4, 0.5) is 4.79 Å². The van der Waals surface area contributed by atoms with E-state index in [-0.39, 0.29) is 10.6 Å². The van der Waals surface area contributed by atoms with Crippen LogP contribution in [-0.4, -0.2) is 49.5 Å². The van der Waals surface area contributed by atoms with Crippen molar-refractivity contribution in [3.05, 3.63) is 0 Å². The summed E-state index contributed by atoms with van der Waals surface area (Å²) >= 11 is 0. The molecule has 0 rings (SSSR count). The van der Waals surface area contributed by atoms with E-state index in [0.717, 1.165) is 0 Å². The minimum Gasteiger partial charge on any atom is -0.387 e. The molecule has 1 unspecified atom stereocenters. The summed E-state index contributed by atoms with van der Waals surface area (Å²) in [5, 5.41) is 11.5. The maximum Gasteiger partial charge on any atom is 0.358 e. The highest BCUT2D eigenvalue weighted by Gasteiger charge is 2.20. The molecule has 0 fully saturated rings. The molecule has 0 saturated carbocycles. The Labute approximate surface area is 72.9 Å². The number of urea groups is 1. The Hall–Kier alpha value is -0.810. The van der Waals surface area contributed by atoms with Gasteiger partial charge in [0.1, 0.15) is 12.6 Å². The fourth-order valence-corrected chi connectivity index (χ4v) is 1.04. The van der Waals surface area contributed by atoms with Gasteiger partial charge in [0.2, 0.25) is 0 Å². The van der Waals surface area contributed by atoms with Crippen molar-refractivity contribution in [2.75, 3.05) is 27.7 Å². The molecule has 0 aromatic carbocycles. The number of hydrogen-bond donors (Lipinski definition) is 3. The molecule has 0 radical (unpaired) electrons. The van der Waals surface area contributed by atoms with Gasteiger partial charge < -0.3 is 10.4 Å². The van der Waals surface area contributed by atoms with Gasteiger partial charge in [0, 0.05) is 7.05 Å². The van der Waals surface area contributed by atoms with E-state index < -0.39 is 6.10 Å². The van der Waals surface area contributed by atoms with Gasteiger partial charge in [-0.2, -0.15) is 5.43 Å². The highest BCUT2D eigenvalue weighted by Crippen LogP contribution is 1.93. The molecule has 0 aliphatic heterocycles. The van der Waals surface area contributed by atoms with Crippen LogP contribution in [0.3, 0.4) is 0 Å². The smallest absolute Gasteiger partial charge is 0.358 e. The lowest BCUT2D eigenvalue weighted by Gasteiger charge is -2.29. The Morgan fingerprint density at radius 3 is 2.42 bits per heavy atom. The summed E-state index contributed by atoms with van der Waals surface area (Å²) in [5.41, 5.74) is 2.66. The topological polar surface area (TPSA) is 61.4 Å². The van der Waals surface area contributed by atoms with Crippen molar-refractivity contribution in [3.8, 4) is 0 Å². The van der Waals surface area contributed by atoms with Crippen molar-refractivity contribution < 1.29 is 14.5 Å². The number of aliphatic hydroxyl groups excluding tert-OH is 1. The lowest BCUT2D eigenvalue weighted by molar-refractivity contribution is -0.927. The number of likely N-dealkylation sites (N-methyl/N-ethyl adjacent to an activating group) is 1. The molecule has 72 valence electrons. The zero-order chi connectivity index (χ0) is 9.78. The second-order valence-electron chi connectivity index (χ2n) is 3.41. The van der Waals surface area contributed by atoms with Crippen molar-refractivity contribution in [2.45, 2.75) is 13.0 Å². The molecule has 0 aliphatic rings. The monoisotopic (exact) mass is 176 g/mol. The number of carbonyl (C=O) groups excluding carboxylic acids is 1. The SMILES string of the molecule is CNC(=O)N[N+](C)(C)CC(C)O. The van der Waals surface area contributed by atoms with E-state index in [4.69, 9.17) is 5.11 Å². The van der Waals surface area contributed by atoms with Crippen LogP contribution in [0.5, 0.6) is 0 Å². The molecule has 12 heavy (non-hydrogen) atoms. The molecule has 0 saturated heterocycles. The van der Waals surface area contributed by atoms with Gasteiger partial charge in [-0.05, 0) is 6.92 Å². The minimum absolute atomic E-state index is 0.249. The average Bonchev–Trinajstić information content (AvgIpc) is 1.83. The Kier molecular flexibility index (Phi) is 3.99. The van der Waals surface area contributed by atoms with E-state index in [1.54, 1.807) is 14.0 Å². The second kappa shape index (κ2) is 4.27. The molecule has 3 N–H and O–H groups in total. The van der Waals surface area contributed by atoms with Crippen molar-refractivity contribution in [3.63, 3.8) is 0 Å². The maximum absolute atomic E-state index is 10.9. The van der Waals surface area contributed by atoms with Crippen LogP contribution >= 0.6 is 0 Å². The van der Waals surface area contributed by atoms with Crippen molar-refractivity contribution in [2.24, 2.45) is 0 Å². The summed E-state index contributed by atoms with van der Waals surface area (Å²) in [6.07, 6.45) is -0.433. The van der Waals surface area contributed by atoms with Crippen LogP contribution in [0.25, 0.3) is 0 Å². The third-order valence-electron chi connectivity index (χ3n) is 1.35. The first-order valence-electron chi connectivity index (χ1n) is 3.88. The molecule has 0 aromatic rings. The minimum atomic E-state index is -0.433. The van der Waals surface area contributed by atoms with Gasteiger partial charge in [-0.3, -0.25) is 0 Å². The maximum atomic E-state index is 10.9. The van der Waals surface area contributed by atoms with Gasteiger partial charge in [-0.25, -0.2) is 9.39 Å². The number of nitrogens with one attached hydrogen (secondary N) is 2. The number of carbonyl (C=O) groups is 1. The summed E-state index contributed by atoms with van der Waals surface area (Å²) in [6, 6.07) is -0.249. The third kappa shape index (κ3) is 4.92. The second-order valence-corrected chi connectivity index (χ2v) is 3.41. The highest BCUT2D eigenvalue weighted by atomic mass is 16.3. The molecule has 5 heteroatoms. The number of nitrogens with zero attached hydrogens (tertiary/aromatic N) is 1. The molecular weight excluding hydrogens is 158 g/mol. The van der Waals surface area contributed by atoms with Crippen molar-refractivity contribution >= 4 is 6.03 Å². The summed E-state index contributed by atoms with van der Waals surface area (Å²) < 4.78 is 0.261. The molecule has 1 atom stereocenters. The van der Waals surface area contributed by atoms with E-state index in [1.165, 1.54) is 0 Å². The number of aliphatic hydroxyl groups is 1. The fraction of sp³-hybridized carbons (Fsp3) is 0.857. The molecule has 0 heterocycles. The van der Waals surface area contributed by atoms with Gasteiger partial charge in [0.15, 0.2) is 0 Å². The van der Waals surface area contributed by atoms with Crippen LogP contribution in [0.1, 0.15) is 6.92 Å². The van der Waals surface area contributed by atoms with E-state index in [9.17, 15) is 4.79 Å². The largest absolute Gasteiger partial charge is 0.387 e. The third-order valence-corrected chi connectivity index (χ3v) is 1.35. The average molecular weight is 176 g/mol. The predicted octanol–water partition coefficient (Wildman–Crippen LogP) is -0.712. The summed E-state index contributed by atoms with van der Waals surface area (Å²) in [4.78, 5) is 10.9.